The van der Waals surface area contributed by atoms with Crippen LogP contribution in [0, 0.1) is 0 Å². The third kappa shape index (κ3) is 3.22. The number of benzene rings is 1. The van der Waals surface area contributed by atoms with Gasteiger partial charge in [-0.1, -0.05) is 69.6 Å². The molecule has 1 aromatic carbocycles. The van der Waals surface area contributed by atoms with E-state index in [-0.39, 0.29) is 0 Å². The van der Waals surface area contributed by atoms with Crippen LogP contribution in [-0.2, 0) is 6.04 Å². The molecule has 0 saturated heterocycles. The lowest BCUT2D eigenvalue weighted by Gasteiger charge is -2.20. The molecule has 0 aromatic heterocycles. The van der Waals surface area contributed by atoms with E-state index in [9.17, 15) is 0 Å². The Hall–Kier alpha value is -1.60. The minimum Gasteiger partial charge on any atom is -0.0746 e. The highest BCUT2D eigenvalue weighted by Gasteiger charge is 2.31. The molecule has 26 heavy (non-hydrogen) atoms. The van der Waals surface area contributed by atoms with Crippen LogP contribution in [0.15, 0.2) is 75.2 Å². The van der Waals surface area contributed by atoms with E-state index < -0.39 is 8.80 Å². The van der Waals surface area contributed by atoms with Crippen molar-refractivity contribution in [1.29, 1.82) is 0 Å². The molecule has 0 saturated carbocycles. The molecule has 134 valence electrons. The summed E-state index contributed by atoms with van der Waals surface area (Å²) in [5, 5.41) is 3.71. The minimum absolute atomic E-state index is 1.08. The van der Waals surface area contributed by atoms with Crippen LogP contribution in [0.5, 0.6) is 0 Å². The van der Waals surface area contributed by atoms with E-state index >= 15 is 0 Å². The smallest absolute Gasteiger partial charge is 0.0746 e. The van der Waals surface area contributed by atoms with Gasteiger partial charge in [-0.2, -0.15) is 0 Å². The molecule has 0 bridgehead atoms. The van der Waals surface area contributed by atoms with Gasteiger partial charge in [-0.3, -0.25) is 0 Å². The molecule has 0 heterocycles. The summed E-state index contributed by atoms with van der Waals surface area (Å²) >= 11 is 0. The maximum atomic E-state index is 2.67. The van der Waals surface area contributed by atoms with Gasteiger partial charge in [0.05, 0.1) is 8.80 Å². The summed E-state index contributed by atoms with van der Waals surface area (Å²) in [6, 6.07) is 12.6. The van der Waals surface area contributed by atoms with Gasteiger partial charge in [0.15, 0.2) is 0 Å². The monoisotopic (exact) mass is 358 g/mol. The number of hydrogen-bond donors (Lipinski definition) is 0. The van der Waals surface area contributed by atoms with Gasteiger partial charge in [0.1, 0.15) is 0 Å². The van der Waals surface area contributed by atoms with Crippen LogP contribution in [-0.4, -0.2) is 8.80 Å². The van der Waals surface area contributed by atoms with Crippen molar-refractivity contribution >= 4 is 8.80 Å². The van der Waals surface area contributed by atoms with Gasteiger partial charge in [-0.15, -0.1) is 0 Å². The highest BCUT2D eigenvalue weighted by atomic mass is 28.3. The van der Waals surface area contributed by atoms with Crippen molar-refractivity contribution in [2.24, 2.45) is 0 Å². The van der Waals surface area contributed by atoms with Crippen molar-refractivity contribution in [2.75, 3.05) is 0 Å². The molecule has 1 heteroatoms. The Morgan fingerprint density at radius 1 is 0.654 bits per heavy atom. The SMILES string of the molecule is C1=C([SiH](Cc2ccccc2)C2=CC3=C(CCCC3)C2)CC2=C1CCCC2. The fourth-order valence-electron chi connectivity index (χ4n) is 5.57. The molecule has 4 aliphatic rings. The topological polar surface area (TPSA) is 0 Å². The average Bonchev–Trinajstić information content (AvgIpc) is 3.30. The fourth-order valence-corrected chi connectivity index (χ4v) is 9.11. The van der Waals surface area contributed by atoms with Crippen LogP contribution >= 0.6 is 0 Å². The Morgan fingerprint density at radius 2 is 1.19 bits per heavy atom. The van der Waals surface area contributed by atoms with Crippen LogP contribution in [0.3, 0.4) is 0 Å². The Morgan fingerprint density at radius 3 is 1.73 bits per heavy atom. The summed E-state index contributed by atoms with van der Waals surface area (Å²) in [5.74, 6) is 0. The van der Waals surface area contributed by atoms with Gasteiger partial charge >= 0.3 is 0 Å². The standard InChI is InChI=1S/C25H30Si/c1-2-8-19(9-3-1)18-26(24-14-20-10-4-5-11-21(20)15-24)25-16-22-12-6-7-13-23(22)17-25/h1-3,8-9,14,16,26H,4-7,10-13,15,17-18H2. The van der Waals surface area contributed by atoms with Crippen molar-refractivity contribution in [1.82, 2.24) is 0 Å². The zero-order valence-electron chi connectivity index (χ0n) is 15.9. The number of rotatable bonds is 4. The van der Waals surface area contributed by atoms with E-state index in [0.29, 0.717) is 0 Å². The van der Waals surface area contributed by atoms with Crippen molar-refractivity contribution in [3.63, 3.8) is 0 Å². The zero-order valence-corrected chi connectivity index (χ0v) is 17.1. The molecule has 0 spiro atoms. The molecule has 1 aromatic rings. The second-order valence-electron chi connectivity index (χ2n) is 8.71. The lowest BCUT2D eigenvalue weighted by molar-refractivity contribution is 0.680. The molecule has 0 radical (unpaired) electrons. The number of hydrogen-bond acceptors (Lipinski definition) is 0. The van der Waals surface area contributed by atoms with Crippen LogP contribution in [0.1, 0.15) is 69.8 Å². The van der Waals surface area contributed by atoms with Gasteiger partial charge in [0.25, 0.3) is 0 Å². The average molecular weight is 359 g/mol. The summed E-state index contributed by atoms with van der Waals surface area (Å²) in [4.78, 5) is 0. The maximum Gasteiger partial charge on any atom is 0.0976 e. The predicted molar refractivity (Wildman–Crippen MR) is 114 cm³/mol. The zero-order chi connectivity index (χ0) is 17.3. The fraction of sp³-hybridized carbons (Fsp3) is 0.440. The molecule has 0 aliphatic heterocycles. The third-order valence-corrected chi connectivity index (χ3v) is 10.4. The molecule has 5 rings (SSSR count). The van der Waals surface area contributed by atoms with E-state index in [0.717, 1.165) is 0 Å². The Balaban J connectivity index is 1.43. The van der Waals surface area contributed by atoms with Crippen molar-refractivity contribution in [3.05, 3.63) is 80.7 Å². The third-order valence-electron chi connectivity index (χ3n) is 6.99. The summed E-state index contributed by atoms with van der Waals surface area (Å²) in [6.45, 7) is 0. The van der Waals surface area contributed by atoms with Gasteiger partial charge in [-0.05, 0) is 81.4 Å². The van der Waals surface area contributed by atoms with E-state index in [2.05, 4.69) is 42.5 Å². The van der Waals surface area contributed by atoms with Gasteiger partial charge in [-0.25, -0.2) is 0 Å². The lowest BCUT2D eigenvalue weighted by atomic mass is 9.94. The summed E-state index contributed by atoms with van der Waals surface area (Å²) < 4.78 is 0. The van der Waals surface area contributed by atoms with Crippen molar-refractivity contribution < 1.29 is 0 Å². The molecule has 0 amide bonds. The first-order valence-electron chi connectivity index (χ1n) is 10.7. The summed E-state index contributed by atoms with van der Waals surface area (Å²) in [6.07, 6.45) is 19.1. The molecule has 0 nitrogen and oxygen atoms in total. The largest absolute Gasteiger partial charge is 0.0976 e. The lowest BCUT2D eigenvalue weighted by Crippen LogP contribution is -2.23. The highest BCUT2D eigenvalue weighted by Crippen LogP contribution is 2.42. The van der Waals surface area contributed by atoms with Crippen LogP contribution in [0.25, 0.3) is 0 Å². The van der Waals surface area contributed by atoms with Crippen LogP contribution in [0.2, 0.25) is 0 Å². The molecule has 0 atom stereocenters. The van der Waals surface area contributed by atoms with Crippen LogP contribution < -0.4 is 0 Å². The summed E-state index contributed by atoms with van der Waals surface area (Å²) in [7, 11) is -1.08. The molecule has 4 aliphatic carbocycles. The number of allylic oxidation sites excluding steroid dienone is 8. The molecule has 0 N–H and O–H groups in total. The second-order valence-corrected chi connectivity index (χ2v) is 11.7. The van der Waals surface area contributed by atoms with E-state index in [1.807, 2.05) is 10.4 Å². The van der Waals surface area contributed by atoms with Gasteiger partial charge < -0.3 is 0 Å². The maximum absolute atomic E-state index is 2.67. The first-order chi connectivity index (χ1) is 12.9. The first-order valence-corrected chi connectivity index (χ1v) is 12.7. The molecular weight excluding hydrogens is 328 g/mol. The Bertz CT molecular complexity index is 769. The second kappa shape index (κ2) is 7.19. The van der Waals surface area contributed by atoms with Gasteiger partial charge in [0, 0.05) is 0 Å². The minimum atomic E-state index is -1.08. The van der Waals surface area contributed by atoms with Crippen molar-refractivity contribution in [2.45, 2.75) is 70.3 Å². The van der Waals surface area contributed by atoms with Gasteiger partial charge in [0.2, 0.25) is 0 Å². The van der Waals surface area contributed by atoms with E-state index in [4.69, 9.17) is 0 Å². The highest BCUT2D eigenvalue weighted by molar-refractivity contribution is 6.73. The van der Waals surface area contributed by atoms with E-state index in [1.165, 1.54) is 70.3 Å². The Kier molecular flexibility index (Phi) is 4.58. The van der Waals surface area contributed by atoms with Crippen LogP contribution in [0.4, 0.5) is 0 Å². The summed E-state index contributed by atoms with van der Waals surface area (Å²) in [5.41, 5.74) is 8.61. The quantitative estimate of drug-likeness (QED) is 0.541. The van der Waals surface area contributed by atoms with Crippen molar-refractivity contribution in [3.8, 4) is 0 Å². The molecular formula is C25H30Si. The predicted octanol–water partition coefficient (Wildman–Crippen LogP) is 6.48. The van der Waals surface area contributed by atoms with E-state index in [1.54, 1.807) is 27.9 Å². The normalized spacial score (nSPS) is 22.5. The molecule has 0 fully saturated rings. The Labute approximate surface area is 160 Å². The molecule has 0 unspecified atom stereocenters. The first kappa shape index (κ1) is 16.6.